The van der Waals surface area contributed by atoms with Crippen molar-refractivity contribution < 1.29 is 4.79 Å². The molecule has 1 amide bonds. The lowest BCUT2D eigenvalue weighted by Gasteiger charge is -2.24. The van der Waals surface area contributed by atoms with E-state index < -0.39 is 0 Å². The number of aryl methyl sites for hydroxylation is 1. The Kier molecular flexibility index (Phi) is 4.42. The van der Waals surface area contributed by atoms with E-state index in [1.54, 1.807) is 28.6 Å². The molecule has 1 atom stereocenters. The minimum absolute atomic E-state index is 0.0383. The number of halogens is 1. The SMILES string of the molecule is CSc1ccc([C@H]2CC(=O)Nc3c2c(C)nn3-c2ccc(Cl)nn2)cc1. The van der Waals surface area contributed by atoms with Gasteiger partial charge in [0.2, 0.25) is 5.91 Å². The Morgan fingerprint density at radius 2 is 1.96 bits per heavy atom. The van der Waals surface area contributed by atoms with Gasteiger partial charge >= 0.3 is 0 Å². The number of hydrogen-bond donors (Lipinski definition) is 1. The molecule has 0 aliphatic carbocycles. The molecule has 0 saturated heterocycles. The van der Waals surface area contributed by atoms with Crippen LogP contribution in [0, 0.1) is 6.92 Å². The lowest BCUT2D eigenvalue weighted by molar-refractivity contribution is -0.116. The fourth-order valence-electron chi connectivity index (χ4n) is 3.26. The Balaban J connectivity index is 1.82. The maximum absolute atomic E-state index is 12.4. The van der Waals surface area contributed by atoms with Crippen LogP contribution < -0.4 is 5.32 Å². The van der Waals surface area contributed by atoms with Crippen molar-refractivity contribution in [2.24, 2.45) is 0 Å². The highest BCUT2D eigenvalue weighted by atomic mass is 35.5. The zero-order valence-electron chi connectivity index (χ0n) is 14.2. The Hall–Kier alpha value is -2.38. The predicted octanol–water partition coefficient (Wildman–Crippen LogP) is 3.82. The maximum atomic E-state index is 12.4. The number of rotatable bonds is 3. The number of fused-ring (bicyclic) bond motifs is 1. The van der Waals surface area contributed by atoms with Crippen molar-refractivity contribution in [1.29, 1.82) is 0 Å². The highest BCUT2D eigenvalue weighted by molar-refractivity contribution is 7.98. The van der Waals surface area contributed by atoms with E-state index in [2.05, 4.69) is 44.9 Å². The number of nitrogens with zero attached hydrogens (tertiary/aromatic N) is 4. The first-order chi connectivity index (χ1) is 12.6. The number of carbonyl (C=O) groups is 1. The second-order valence-corrected chi connectivity index (χ2v) is 7.32. The summed E-state index contributed by atoms with van der Waals surface area (Å²) in [4.78, 5) is 13.6. The molecule has 132 valence electrons. The highest BCUT2D eigenvalue weighted by Crippen LogP contribution is 2.40. The Bertz CT molecular complexity index is 968. The van der Waals surface area contributed by atoms with E-state index in [-0.39, 0.29) is 11.8 Å². The summed E-state index contributed by atoms with van der Waals surface area (Å²) in [6.07, 6.45) is 2.44. The van der Waals surface area contributed by atoms with Crippen LogP contribution in [0.4, 0.5) is 5.82 Å². The molecule has 1 N–H and O–H groups in total. The zero-order chi connectivity index (χ0) is 18.3. The van der Waals surface area contributed by atoms with E-state index in [4.69, 9.17) is 11.6 Å². The van der Waals surface area contributed by atoms with Gasteiger partial charge in [0.1, 0.15) is 5.82 Å². The fraction of sp³-hybridized carbons (Fsp3) is 0.222. The van der Waals surface area contributed by atoms with Gasteiger partial charge in [0.15, 0.2) is 11.0 Å². The number of aromatic nitrogens is 4. The van der Waals surface area contributed by atoms with Gasteiger partial charge in [0, 0.05) is 22.8 Å². The summed E-state index contributed by atoms with van der Waals surface area (Å²) in [5.41, 5.74) is 2.97. The third-order valence-corrected chi connectivity index (χ3v) is 5.40. The van der Waals surface area contributed by atoms with Gasteiger partial charge in [-0.1, -0.05) is 23.7 Å². The molecule has 26 heavy (non-hydrogen) atoms. The molecule has 8 heteroatoms. The van der Waals surface area contributed by atoms with Crippen LogP contribution in [0.1, 0.15) is 29.2 Å². The van der Waals surface area contributed by atoms with E-state index in [0.29, 0.717) is 23.2 Å². The number of nitrogens with one attached hydrogen (secondary N) is 1. The second-order valence-electron chi connectivity index (χ2n) is 6.05. The predicted molar refractivity (Wildman–Crippen MR) is 102 cm³/mol. The number of thioether (sulfide) groups is 1. The van der Waals surface area contributed by atoms with Crippen molar-refractivity contribution in [2.75, 3.05) is 11.6 Å². The van der Waals surface area contributed by atoms with Crippen molar-refractivity contribution >= 4 is 35.1 Å². The molecular weight excluding hydrogens is 370 g/mol. The molecule has 0 spiro atoms. The first kappa shape index (κ1) is 17.1. The summed E-state index contributed by atoms with van der Waals surface area (Å²) in [7, 11) is 0. The molecule has 1 aliphatic heterocycles. The van der Waals surface area contributed by atoms with E-state index >= 15 is 0 Å². The largest absolute Gasteiger partial charge is 0.310 e. The Labute approximate surface area is 160 Å². The van der Waals surface area contributed by atoms with Crippen LogP contribution in [-0.4, -0.2) is 32.1 Å². The van der Waals surface area contributed by atoms with Gasteiger partial charge in [-0.05, 0) is 43.0 Å². The van der Waals surface area contributed by atoms with Gasteiger partial charge in [0.25, 0.3) is 0 Å². The summed E-state index contributed by atoms with van der Waals surface area (Å²) < 4.78 is 1.62. The molecule has 1 aliphatic rings. The topological polar surface area (TPSA) is 72.7 Å². The van der Waals surface area contributed by atoms with Gasteiger partial charge in [-0.15, -0.1) is 22.0 Å². The molecule has 0 radical (unpaired) electrons. The molecular formula is C18H16ClN5OS. The third kappa shape index (κ3) is 2.97. The van der Waals surface area contributed by atoms with Crippen molar-refractivity contribution in [3.05, 3.63) is 58.4 Å². The smallest absolute Gasteiger partial charge is 0.226 e. The fourth-order valence-corrected chi connectivity index (χ4v) is 3.76. The van der Waals surface area contributed by atoms with Crippen LogP contribution in [0.5, 0.6) is 0 Å². The van der Waals surface area contributed by atoms with E-state index in [9.17, 15) is 4.79 Å². The Morgan fingerprint density at radius 1 is 1.19 bits per heavy atom. The summed E-state index contributed by atoms with van der Waals surface area (Å²) in [6.45, 7) is 1.94. The molecule has 3 heterocycles. The van der Waals surface area contributed by atoms with Crippen LogP contribution in [0.2, 0.25) is 5.15 Å². The maximum Gasteiger partial charge on any atom is 0.226 e. The number of carbonyl (C=O) groups excluding carboxylic acids is 1. The average molecular weight is 386 g/mol. The molecule has 0 unspecified atom stereocenters. The van der Waals surface area contributed by atoms with Crippen LogP contribution in [-0.2, 0) is 4.79 Å². The molecule has 2 aromatic heterocycles. The van der Waals surface area contributed by atoms with Crippen LogP contribution in [0.15, 0.2) is 41.3 Å². The number of amides is 1. The normalized spacial score (nSPS) is 16.3. The standard InChI is InChI=1S/C18H16ClN5OS/c1-10-17-13(11-3-5-12(26-2)6-4-11)9-16(25)20-18(17)24(23-10)15-8-7-14(19)21-22-15/h3-8,13H,9H2,1-2H3,(H,20,25)/t13-/m1/s1. The first-order valence-electron chi connectivity index (χ1n) is 8.09. The monoisotopic (exact) mass is 385 g/mol. The van der Waals surface area contributed by atoms with E-state index in [1.165, 1.54) is 4.90 Å². The molecule has 4 rings (SSSR count). The van der Waals surface area contributed by atoms with Gasteiger partial charge in [-0.2, -0.15) is 9.78 Å². The molecule has 6 nitrogen and oxygen atoms in total. The van der Waals surface area contributed by atoms with Crippen molar-refractivity contribution in [3.8, 4) is 5.82 Å². The summed E-state index contributed by atoms with van der Waals surface area (Å²) in [5, 5.41) is 15.8. The lowest BCUT2D eigenvalue weighted by atomic mass is 9.86. The van der Waals surface area contributed by atoms with Gasteiger partial charge in [-0.25, -0.2) is 0 Å². The highest BCUT2D eigenvalue weighted by Gasteiger charge is 2.32. The van der Waals surface area contributed by atoms with Gasteiger partial charge in [-0.3, -0.25) is 4.79 Å². The van der Waals surface area contributed by atoms with Crippen molar-refractivity contribution in [3.63, 3.8) is 0 Å². The van der Waals surface area contributed by atoms with E-state index in [1.807, 2.05) is 13.2 Å². The minimum Gasteiger partial charge on any atom is -0.310 e. The summed E-state index contributed by atoms with van der Waals surface area (Å²) in [6, 6.07) is 11.7. The van der Waals surface area contributed by atoms with Gasteiger partial charge in [0.05, 0.1) is 5.69 Å². The van der Waals surface area contributed by atoms with Crippen molar-refractivity contribution in [2.45, 2.75) is 24.2 Å². The Morgan fingerprint density at radius 3 is 2.62 bits per heavy atom. The van der Waals surface area contributed by atoms with E-state index in [0.717, 1.165) is 16.8 Å². The van der Waals surface area contributed by atoms with Crippen LogP contribution >= 0.6 is 23.4 Å². The third-order valence-electron chi connectivity index (χ3n) is 4.46. The zero-order valence-corrected chi connectivity index (χ0v) is 15.8. The minimum atomic E-state index is -0.0421. The number of anilines is 1. The summed E-state index contributed by atoms with van der Waals surface area (Å²) in [5.74, 6) is 1.08. The van der Waals surface area contributed by atoms with Crippen LogP contribution in [0.25, 0.3) is 5.82 Å². The summed E-state index contributed by atoms with van der Waals surface area (Å²) >= 11 is 7.52. The number of hydrogen-bond acceptors (Lipinski definition) is 5. The number of benzene rings is 1. The average Bonchev–Trinajstić information content (AvgIpc) is 2.98. The lowest BCUT2D eigenvalue weighted by Crippen LogP contribution is -2.25. The molecule has 1 aromatic carbocycles. The van der Waals surface area contributed by atoms with Gasteiger partial charge < -0.3 is 5.32 Å². The second kappa shape index (κ2) is 6.74. The first-order valence-corrected chi connectivity index (χ1v) is 9.70. The molecule has 0 fully saturated rings. The molecule has 0 bridgehead atoms. The molecule has 3 aromatic rings. The molecule has 0 saturated carbocycles. The van der Waals surface area contributed by atoms with Crippen molar-refractivity contribution in [1.82, 2.24) is 20.0 Å². The van der Waals surface area contributed by atoms with Crippen LogP contribution in [0.3, 0.4) is 0 Å². The quantitative estimate of drug-likeness (QED) is 0.694.